The highest BCUT2D eigenvalue weighted by Gasteiger charge is 2.05. The zero-order chi connectivity index (χ0) is 8.43. The molecular formula is C8H15N3. The Morgan fingerprint density at radius 3 is 2.55 bits per heavy atom. The second kappa shape index (κ2) is 3.05. The van der Waals surface area contributed by atoms with E-state index in [-0.39, 0.29) is 0 Å². The monoisotopic (exact) mass is 153 g/mol. The SMILES string of the molecule is CC(C)c1cc(CN)n(C)n1. The molecule has 0 unspecified atom stereocenters. The number of rotatable bonds is 2. The van der Waals surface area contributed by atoms with Crippen LogP contribution in [0.15, 0.2) is 6.07 Å². The van der Waals surface area contributed by atoms with Gasteiger partial charge in [-0.15, -0.1) is 0 Å². The van der Waals surface area contributed by atoms with E-state index in [1.54, 1.807) is 0 Å². The first-order valence-electron chi connectivity index (χ1n) is 3.88. The number of hydrogen-bond acceptors (Lipinski definition) is 2. The molecule has 1 heterocycles. The molecule has 0 aliphatic carbocycles. The summed E-state index contributed by atoms with van der Waals surface area (Å²) in [6, 6.07) is 2.06. The minimum absolute atomic E-state index is 0.487. The quantitative estimate of drug-likeness (QED) is 0.689. The molecule has 2 N–H and O–H groups in total. The fourth-order valence-electron chi connectivity index (χ4n) is 1.00. The van der Waals surface area contributed by atoms with Crippen molar-refractivity contribution in [3.05, 3.63) is 17.5 Å². The highest BCUT2D eigenvalue weighted by Crippen LogP contribution is 2.12. The third-order valence-corrected chi connectivity index (χ3v) is 1.80. The normalized spacial score (nSPS) is 11.0. The molecule has 0 spiro atoms. The van der Waals surface area contributed by atoms with E-state index in [1.807, 2.05) is 11.7 Å². The Balaban J connectivity index is 2.95. The van der Waals surface area contributed by atoms with Crippen molar-refractivity contribution in [2.45, 2.75) is 26.3 Å². The summed E-state index contributed by atoms with van der Waals surface area (Å²) in [5.74, 6) is 0.487. The molecule has 1 aromatic heterocycles. The fraction of sp³-hybridized carbons (Fsp3) is 0.625. The Bertz CT molecular complexity index is 237. The van der Waals surface area contributed by atoms with Crippen LogP contribution in [0.1, 0.15) is 31.2 Å². The average molecular weight is 153 g/mol. The zero-order valence-corrected chi connectivity index (χ0v) is 7.33. The molecule has 0 radical (unpaired) electrons. The van der Waals surface area contributed by atoms with Gasteiger partial charge in [-0.3, -0.25) is 4.68 Å². The van der Waals surface area contributed by atoms with Crippen molar-refractivity contribution in [3.63, 3.8) is 0 Å². The van der Waals surface area contributed by atoms with Crippen molar-refractivity contribution < 1.29 is 0 Å². The lowest BCUT2D eigenvalue weighted by atomic mass is 10.1. The second-order valence-corrected chi connectivity index (χ2v) is 3.04. The number of aryl methyl sites for hydroxylation is 1. The van der Waals surface area contributed by atoms with E-state index in [1.165, 1.54) is 0 Å². The largest absolute Gasteiger partial charge is 0.325 e. The Hall–Kier alpha value is -0.830. The molecule has 0 aliphatic rings. The molecular weight excluding hydrogens is 138 g/mol. The molecule has 0 bridgehead atoms. The van der Waals surface area contributed by atoms with Crippen molar-refractivity contribution >= 4 is 0 Å². The van der Waals surface area contributed by atoms with E-state index < -0.39 is 0 Å². The summed E-state index contributed by atoms with van der Waals surface area (Å²) in [7, 11) is 1.92. The lowest BCUT2D eigenvalue weighted by Gasteiger charge is -1.95. The molecule has 0 saturated heterocycles. The topological polar surface area (TPSA) is 43.8 Å². The lowest BCUT2D eigenvalue weighted by molar-refractivity contribution is 0.682. The highest BCUT2D eigenvalue weighted by molar-refractivity contribution is 5.12. The van der Waals surface area contributed by atoms with Gasteiger partial charge in [-0.2, -0.15) is 5.10 Å². The van der Waals surface area contributed by atoms with Gasteiger partial charge >= 0.3 is 0 Å². The van der Waals surface area contributed by atoms with Gasteiger partial charge in [0.1, 0.15) is 0 Å². The summed E-state index contributed by atoms with van der Waals surface area (Å²) in [4.78, 5) is 0. The van der Waals surface area contributed by atoms with Crippen LogP contribution in [-0.2, 0) is 13.6 Å². The fourth-order valence-corrected chi connectivity index (χ4v) is 1.00. The molecule has 0 atom stereocenters. The molecule has 1 rings (SSSR count). The first-order valence-corrected chi connectivity index (χ1v) is 3.88. The van der Waals surface area contributed by atoms with Gasteiger partial charge in [-0.25, -0.2) is 0 Å². The highest BCUT2D eigenvalue weighted by atomic mass is 15.3. The molecule has 3 nitrogen and oxygen atoms in total. The Morgan fingerprint density at radius 2 is 2.27 bits per heavy atom. The number of aromatic nitrogens is 2. The Morgan fingerprint density at radius 1 is 1.64 bits per heavy atom. The maximum atomic E-state index is 5.50. The van der Waals surface area contributed by atoms with Gasteiger partial charge in [-0.1, -0.05) is 13.8 Å². The van der Waals surface area contributed by atoms with Crippen molar-refractivity contribution in [2.75, 3.05) is 0 Å². The van der Waals surface area contributed by atoms with E-state index in [0.717, 1.165) is 11.4 Å². The summed E-state index contributed by atoms with van der Waals surface area (Å²) in [6.45, 7) is 4.82. The smallest absolute Gasteiger partial charge is 0.0653 e. The first-order chi connectivity index (χ1) is 5.15. The van der Waals surface area contributed by atoms with Gasteiger partial charge in [0.15, 0.2) is 0 Å². The van der Waals surface area contributed by atoms with Gasteiger partial charge in [-0.05, 0) is 12.0 Å². The van der Waals surface area contributed by atoms with Crippen molar-refractivity contribution in [3.8, 4) is 0 Å². The van der Waals surface area contributed by atoms with Crippen LogP contribution in [0.2, 0.25) is 0 Å². The molecule has 0 fully saturated rings. The van der Waals surface area contributed by atoms with E-state index in [9.17, 15) is 0 Å². The summed E-state index contributed by atoms with van der Waals surface area (Å²) in [5, 5.41) is 4.32. The van der Waals surface area contributed by atoms with Crippen LogP contribution in [0.25, 0.3) is 0 Å². The van der Waals surface area contributed by atoms with Crippen LogP contribution >= 0.6 is 0 Å². The zero-order valence-electron chi connectivity index (χ0n) is 7.33. The van der Waals surface area contributed by atoms with Gasteiger partial charge in [0, 0.05) is 13.6 Å². The predicted octanol–water partition coefficient (Wildman–Crippen LogP) is 1.00. The standard InChI is InChI=1S/C8H15N3/c1-6(2)8-4-7(5-9)11(3)10-8/h4,6H,5,9H2,1-3H3. The number of nitrogens with zero attached hydrogens (tertiary/aromatic N) is 2. The van der Waals surface area contributed by atoms with Crippen molar-refractivity contribution in [1.29, 1.82) is 0 Å². The molecule has 0 aliphatic heterocycles. The van der Waals surface area contributed by atoms with Gasteiger partial charge in [0.2, 0.25) is 0 Å². The third-order valence-electron chi connectivity index (χ3n) is 1.80. The van der Waals surface area contributed by atoms with E-state index in [0.29, 0.717) is 12.5 Å². The summed E-state index contributed by atoms with van der Waals surface area (Å²) in [6.07, 6.45) is 0. The first kappa shape index (κ1) is 8.27. The summed E-state index contributed by atoms with van der Waals surface area (Å²) >= 11 is 0. The summed E-state index contributed by atoms with van der Waals surface area (Å²) < 4.78 is 1.84. The van der Waals surface area contributed by atoms with Crippen LogP contribution in [0.3, 0.4) is 0 Å². The Kier molecular flexibility index (Phi) is 2.29. The predicted molar refractivity (Wildman–Crippen MR) is 45.2 cm³/mol. The van der Waals surface area contributed by atoms with E-state index in [2.05, 4.69) is 25.0 Å². The minimum Gasteiger partial charge on any atom is -0.325 e. The molecule has 0 amide bonds. The number of nitrogens with two attached hydrogens (primary N) is 1. The van der Waals surface area contributed by atoms with E-state index >= 15 is 0 Å². The van der Waals surface area contributed by atoms with Crippen LogP contribution < -0.4 is 5.73 Å². The molecule has 0 aromatic carbocycles. The van der Waals surface area contributed by atoms with Crippen LogP contribution in [0, 0.1) is 0 Å². The van der Waals surface area contributed by atoms with Crippen molar-refractivity contribution in [1.82, 2.24) is 9.78 Å². The van der Waals surface area contributed by atoms with Crippen molar-refractivity contribution in [2.24, 2.45) is 12.8 Å². The van der Waals surface area contributed by atoms with Gasteiger partial charge in [0.05, 0.1) is 11.4 Å². The number of hydrogen-bond donors (Lipinski definition) is 1. The maximum Gasteiger partial charge on any atom is 0.0653 e. The van der Waals surface area contributed by atoms with E-state index in [4.69, 9.17) is 5.73 Å². The van der Waals surface area contributed by atoms with Gasteiger partial charge < -0.3 is 5.73 Å². The minimum atomic E-state index is 0.487. The van der Waals surface area contributed by atoms with Gasteiger partial charge in [0.25, 0.3) is 0 Å². The molecule has 1 aromatic rings. The average Bonchev–Trinajstić information content (AvgIpc) is 2.31. The molecule has 62 valence electrons. The molecule has 11 heavy (non-hydrogen) atoms. The third kappa shape index (κ3) is 1.60. The van der Waals surface area contributed by atoms with Crippen LogP contribution in [0.4, 0.5) is 0 Å². The second-order valence-electron chi connectivity index (χ2n) is 3.04. The van der Waals surface area contributed by atoms with Crippen LogP contribution in [-0.4, -0.2) is 9.78 Å². The molecule has 3 heteroatoms. The van der Waals surface area contributed by atoms with Crippen LogP contribution in [0.5, 0.6) is 0 Å². The lowest BCUT2D eigenvalue weighted by Crippen LogP contribution is -2.03. The summed E-state index contributed by atoms with van der Waals surface area (Å²) in [5.41, 5.74) is 7.71. The maximum absolute atomic E-state index is 5.50. The molecule has 0 saturated carbocycles. The Labute approximate surface area is 67.2 Å².